The van der Waals surface area contributed by atoms with Crippen LogP contribution in [0.1, 0.15) is 58.2 Å². The zero-order chi connectivity index (χ0) is 19.2. The van der Waals surface area contributed by atoms with Crippen molar-refractivity contribution in [2.75, 3.05) is 5.32 Å². The van der Waals surface area contributed by atoms with Gasteiger partial charge in [0.1, 0.15) is 0 Å². The van der Waals surface area contributed by atoms with Crippen LogP contribution in [0.5, 0.6) is 0 Å². The zero-order valence-electron chi connectivity index (χ0n) is 17.8. The van der Waals surface area contributed by atoms with Crippen LogP contribution in [0.15, 0.2) is 48.4 Å². The first-order valence-electron chi connectivity index (χ1n) is 9.32. The maximum Gasteiger partial charge on any atom is 0.0648 e. The summed E-state index contributed by atoms with van der Waals surface area (Å²) in [6, 6.07) is 7.75. The summed E-state index contributed by atoms with van der Waals surface area (Å²) in [5.41, 5.74) is 2.36. The first kappa shape index (κ1) is 10.9. The monoisotopic (exact) mass is 285 g/mol. The highest BCUT2D eigenvalue weighted by atomic mass is 14.9. The van der Waals surface area contributed by atoms with Gasteiger partial charge in [0, 0.05) is 11.4 Å². The molecule has 1 heteroatoms. The molecule has 2 aromatic carbocycles. The molecule has 0 amide bonds. The molecule has 0 aromatic heterocycles. The Labute approximate surface area is 135 Å². The number of benzene rings is 2. The highest BCUT2D eigenvalue weighted by Gasteiger charge is 2.14. The SMILES string of the molecule is [2H]c1c([2H])c(Nc2ccc(C(C)(C)C)cc2)c([2H])c(C(C)(C)C)c1[2H]. The van der Waals surface area contributed by atoms with Crippen LogP contribution in [0.3, 0.4) is 0 Å². The van der Waals surface area contributed by atoms with Gasteiger partial charge in [-0.2, -0.15) is 0 Å². The molecule has 1 N–H and O–H groups in total. The fraction of sp³-hybridized carbons (Fsp3) is 0.400. The summed E-state index contributed by atoms with van der Waals surface area (Å²) in [5.74, 6) is 0. The van der Waals surface area contributed by atoms with Crippen molar-refractivity contribution in [2.45, 2.75) is 52.4 Å². The smallest absolute Gasteiger partial charge is 0.0648 e. The van der Waals surface area contributed by atoms with Crippen LogP contribution in [0.2, 0.25) is 0 Å². The minimum atomic E-state index is -0.440. The van der Waals surface area contributed by atoms with Gasteiger partial charge in [-0.15, -0.1) is 0 Å². The minimum absolute atomic E-state index is 0.0314. The van der Waals surface area contributed by atoms with E-state index >= 15 is 0 Å². The second-order valence-corrected chi connectivity index (χ2v) is 7.45. The van der Waals surface area contributed by atoms with Gasteiger partial charge in [0.15, 0.2) is 0 Å². The zero-order valence-corrected chi connectivity index (χ0v) is 13.8. The maximum absolute atomic E-state index is 8.49. The summed E-state index contributed by atoms with van der Waals surface area (Å²) in [4.78, 5) is 0. The molecule has 0 atom stereocenters. The van der Waals surface area contributed by atoms with Crippen molar-refractivity contribution in [3.8, 4) is 0 Å². The van der Waals surface area contributed by atoms with E-state index in [9.17, 15) is 0 Å². The van der Waals surface area contributed by atoms with Gasteiger partial charge in [-0.25, -0.2) is 0 Å². The summed E-state index contributed by atoms with van der Waals surface area (Å²) in [6.45, 7) is 12.2. The molecular weight excluding hydrogens is 254 g/mol. The molecule has 0 fully saturated rings. The molecule has 0 saturated carbocycles. The van der Waals surface area contributed by atoms with E-state index in [-0.39, 0.29) is 35.3 Å². The third kappa shape index (κ3) is 4.10. The average molecular weight is 285 g/mol. The van der Waals surface area contributed by atoms with Gasteiger partial charge >= 0.3 is 0 Å². The quantitative estimate of drug-likeness (QED) is 0.711. The molecule has 0 unspecified atom stereocenters. The van der Waals surface area contributed by atoms with Crippen LogP contribution in [0, 0.1) is 0 Å². The standard InChI is InChI=1S/C20H27N/c1-19(2,3)15-10-12-17(13-11-15)21-18-9-7-8-16(14-18)20(4,5)6/h7-14,21H,1-6H3/i7D,8D,9D,14D. The Bertz CT molecular complexity index is 782. The number of rotatable bonds is 2. The van der Waals surface area contributed by atoms with Crippen molar-refractivity contribution in [1.29, 1.82) is 0 Å². The highest BCUT2D eigenvalue weighted by molar-refractivity contribution is 5.61. The molecule has 2 aromatic rings. The molecule has 0 aliphatic carbocycles. The maximum atomic E-state index is 8.49. The van der Waals surface area contributed by atoms with E-state index in [1.807, 2.05) is 45.0 Å². The molecule has 0 radical (unpaired) electrons. The normalized spacial score (nSPS) is 15.0. The van der Waals surface area contributed by atoms with E-state index < -0.39 is 5.41 Å². The van der Waals surface area contributed by atoms with Gasteiger partial charge in [0.25, 0.3) is 0 Å². The lowest BCUT2D eigenvalue weighted by atomic mass is 9.86. The molecule has 0 spiro atoms. The second kappa shape index (κ2) is 5.55. The van der Waals surface area contributed by atoms with Crippen molar-refractivity contribution in [2.24, 2.45) is 0 Å². The first-order valence-corrected chi connectivity index (χ1v) is 7.32. The molecule has 112 valence electrons. The number of hydrogen-bond donors (Lipinski definition) is 1. The van der Waals surface area contributed by atoms with E-state index in [2.05, 4.69) is 26.1 Å². The largest absolute Gasteiger partial charge is 0.356 e. The summed E-state index contributed by atoms with van der Waals surface area (Å²) in [7, 11) is 0. The second-order valence-electron chi connectivity index (χ2n) is 7.45. The van der Waals surface area contributed by atoms with Crippen LogP contribution in [0.25, 0.3) is 0 Å². The predicted octanol–water partition coefficient (Wildman–Crippen LogP) is 6.03. The lowest BCUT2D eigenvalue weighted by Crippen LogP contribution is -2.11. The molecular formula is C20H27N. The van der Waals surface area contributed by atoms with Crippen LogP contribution in [0.4, 0.5) is 11.4 Å². The van der Waals surface area contributed by atoms with E-state index in [1.54, 1.807) is 0 Å². The third-order valence-electron chi connectivity index (χ3n) is 3.40. The highest BCUT2D eigenvalue weighted by Crippen LogP contribution is 2.27. The van der Waals surface area contributed by atoms with E-state index in [0.29, 0.717) is 5.56 Å². The van der Waals surface area contributed by atoms with Crippen molar-refractivity contribution in [1.82, 2.24) is 0 Å². The molecule has 0 heterocycles. The molecule has 2 rings (SSSR count). The Hall–Kier alpha value is -1.76. The summed E-state index contributed by atoms with van der Waals surface area (Å²) in [6.07, 6.45) is 0. The summed E-state index contributed by atoms with van der Waals surface area (Å²) >= 11 is 0. The van der Waals surface area contributed by atoms with E-state index in [1.165, 1.54) is 5.56 Å². The van der Waals surface area contributed by atoms with Crippen LogP contribution in [-0.2, 0) is 10.8 Å². The van der Waals surface area contributed by atoms with Crippen LogP contribution in [-0.4, -0.2) is 0 Å². The number of anilines is 2. The van der Waals surface area contributed by atoms with Gasteiger partial charge in [0.05, 0.1) is 5.48 Å². The lowest BCUT2D eigenvalue weighted by molar-refractivity contribution is 0.590. The fourth-order valence-corrected chi connectivity index (χ4v) is 1.98. The topological polar surface area (TPSA) is 12.0 Å². The Morgan fingerprint density at radius 2 is 1.33 bits per heavy atom. The summed E-state index contributed by atoms with van der Waals surface area (Å²) in [5, 5.41) is 3.12. The molecule has 1 nitrogen and oxygen atoms in total. The number of nitrogens with one attached hydrogen (secondary N) is 1. The average Bonchev–Trinajstić information content (AvgIpc) is 2.48. The summed E-state index contributed by atoms with van der Waals surface area (Å²) < 4.78 is 32.9. The predicted molar refractivity (Wildman–Crippen MR) is 93.6 cm³/mol. The Kier molecular flexibility index (Phi) is 2.88. The van der Waals surface area contributed by atoms with Gasteiger partial charge in [0.2, 0.25) is 0 Å². The molecule has 21 heavy (non-hydrogen) atoms. The fourth-order valence-electron chi connectivity index (χ4n) is 1.98. The van der Waals surface area contributed by atoms with Crippen molar-refractivity contribution >= 4 is 11.4 Å². The van der Waals surface area contributed by atoms with Gasteiger partial charge in [-0.3, -0.25) is 0 Å². The lowest BCUT2D eigenvalue weighted by Gasteiger charge is -2.21. The number of hydrogen-bond acceptors (Lipinski definition) is 1. The minimum Gasteiger partial charge on any atom is -0.356 e. The van der Waals surface area contributed by atoms with Crippen molar-refractivity contribution in [3.05, 3.63) is 59.6 Å². The van der Waals surface area contributed by atoms with E-state index in [0.717, 1.165) is 5.69 Å². The Balaban J connectivity index is 2.52. The van der Waals surface area contributed by atoms with Gasteiger partial charge in [-0.05, 0) is 46.2 Å². The van der Waals surface area contributed by atoms with Crippen LogP contribution < -0.4 is 5.32 Å². The third-order valence-corrected chi connectivity index (χ3v) is 3.40. The first-order chi connectivity index (χ1) is 11.3. The Morgan fingerprint density at radius 1 is 0.762 bits per heavy atom. The van der Waals surface area contributed by atoms with Gasteiger partial charge in [-0.1, -0.05) is 65.8 Å². The molecule has 0 saturated heterocycles. The molecule has 0 bridgehead atoms. The molecule has 0 aliphatic heterocycles. The molecule has 0 aliphatic rings. The van der Waals surface area contributed by atoms with Crippen LogP contribution >= 0.6 is 0 Å². The van der Waals surface area contributed by atoms with Gasteiger partial charge < -0.3 is 5.32 Å². The van der Waals surface area contributed by atoms with Crippen molar-refractivity contribution in [3.63, 3.8) is 0 Å². The van der Waals surface area contributed by atoms with E-state index in [4.69, 9.17) is 5.48 Å². The van der Waals surface area contributed by atoms with Crippen molar-refractivity contribution < 1.29 is 5.48 Å². The Morgan fingerprint density at radius 3 is 1.86 bits per heavy atom.